The zero-order valence-electron chi connectivity index (χ0n) is 12.0. The molecule has 1 aromatic rings. The fourth-order valence-electron chi connectivity index (χ4n) is 2.69. The average molecular weight is 344 g/mol. The maximum Gasteiger partial charge on any atom is 0.282 e. The summed E-state index contributed by atoms with van der Waals surface area (Å²) in [5.74, 6) is 0.743. The quantitative estimate of drug-likeness (QED) is 0.880. The minimum absolute atomic E-state index is 0.184. The number of aliphatic hydroxyl groups is 1. The van der Waals surface area contributed by atoms with E-state index in [1.54, 1.807) is 13.2 Å². The van der Waals surface area contributed by atoms with Gasteiger partial charge < -0.3 is 10.4 Å². The van der Waals surface area contributed by atoms with Crippen LogP contribution >= 0.6 is 15.9 Å². The van der Waals surface area contributed by atoms with Crippen LogP contribution < -0.4 is 10.9 Å². The molecule has 1 aliphatic carbocycles. The van der Waals surface area contributed by atoms with Gasteiger partial charge in [0.05, 0.1) is 17.5 Å². The Kier molecular flexibility index (Phi) is 4.86. The lowest BCUT2D eigenvalue weighted by Gasteiger charge is -2.36. The molecule has 6 heteroatoms. The zero-order chi connectivity index (χ0) is 14.8. The van der Waals surface area contributed by atoms with Crippen LogP contribution in [0, 0.1) is 5.92 Å². The third-order valence-corrected chi connectivity index (χ3v) is 5.07. The number of rotatable bonds is 4. The lowest BCUT2D eigenvalue weighted by Crippen LogP contribution is -2.40. The molecule has 112 valence electrons. The largest absolute Gasteiger partial charge is 0.388 e. The minimum Gasteiger partial charge on any atom is -0.388 e. The normalized spacial score (nSPS) is 26.5. The van der Waals surface area contributed by atoms with Gasteiger partial charge >= 0.3 is 0 Å². The fourth-order valence-corrected chi connectivity index (χ4v) is 3.19. The first-order valence-corrected chi connectivity index (χ1v) is 7.92. The molecule has 0 atom stereocenters. The molecule has 0 aliphatic heterocycles. The molecule has 0 aromatic carbocycles. The highest BCUT2D eigenvalue weighted by Crippen LogP contribution is 2.34. The molecule has 0 amide bonds. The van der Waals surface area contributed by atoms with Gasteiger partial charge in [-0.1, -0.05) is 13.3 Å². The molecule has 0 spiro atoms. The molecule has 0 bridgehead atoms. The van der Waals surface area contributed by atoms with Gasteiger partial charge in [-0.15, -0.1) is 0 Å². The van der Waals surface area contributed by atoms with Crippen LogP contribution in [-0.4, -0.2) is 27.0 Å². The molecule has 0 saturated heterocycles. The van der Waals surface area contributed by atoms with E-state index in [9.17, 15) is 9.90 Å². The van der Waals surface area contributed by atoms with Crippen LogP contribution in [0.2, 0.25) is 0 Å². The molecule has 20 heavy (non-hydrogen) atoms. The second kappa shape index (κ2) is 6.26. The third kappa shape index (κ3) is 3.41. The predicted molar refractivity (Wildman–Crippen MR) is 82.9 cm³/mol. The SMILES string of the molecule is CCC1CCC(O)(CNc2cnn(C)c(=O)c2Br)CC1. The van der Waals surface area contributed by atoms with Gasteiger partial charge in [-0.3, -0.25) is 4.79 Å². The second-order valence-electron chi connectivity index (χ2n) is 5.73. The van der Waals surface area contributed by atoms with E-state index in [1.165, 1.54) is 11.1 Å². The Hall–Kier alpha value is -0.880. The van der Waals surface area contributed by atoms with Gasteiger partial charge in [0.2, 0.25) is 0 Å². The first-order chi connectivity index (χ1) is 9.45. The lowest BCUT2D eigenvalue weighted by molar-refractivity contribution is 0.00227. The van der Waals surface area contributed by atoms with Gasteiger partial charge in [0.15, 0.2) is 0 Å². The van der Waals surface area contributed by atoms with Crippen molar-refractivity contribution in [1.29, 1.82) is 0 Å². The molecular formula is C14H22BrN3O2. The Bertz CT molecular complexity index is 522. The minimum atomic E-state index is -0.674. The summed E-state index contributed by atoms with van der Waals surface area (Å²) in [6.45, 7) is 2.66. The highest BCUT2D eigenvalue weighted by Gasteiger charge is 2.32. The van der Waals surface area contributed by atoms with E-state index in [1.807, 2.05) is 0 Å². The fraction of sp³-hybridized carbons (Fsp3) is 0.714. The molecule has 0 radical (unpaired) electrons. The summed E-state index contributed by atoms with van der Waals surface area (Å²) in [5.41, 5.74) is -0.220. The van der Waals surface area contributed by atoms with Gasteiger partial charge in [-0.05, 0) is 47.5 Å². The van der Waals surface area contributed by atoms with E-state index in [0.29, 0.717) is 16.7 Å². The van der Waals surface area contributed by atoms with Crippen LogP contribution in [0.4, 0.5) is 5.69 Å². The smallest absolute Gasteiger partial charge is 0.282 e. The van der Waals surface area contributed by atoms with Crippen LogP contribution in [0.3, 0.4) is 0 Å². The summed E-state index contributed by atoms with van der Waals surface area (Å²) in [5, 5.41) is 17.7. The molecule has 2 rings (SSSR count). The number of anilines is 1. The molecule has 0 unspecified atom stereocenters. The van der Waals surface area contributed by atoms with Crippen LogP contribution in [0.1, 0.15) is 39.0 Å². The van der Waals surface area contributed by atoms with Crippen molar-refractivity contribution in [3.63, 3.8) is 0 Å². The van der Waals surface area contributed by atoms with Gasteiger partial charge in [0.1, 0.15) is 4.47 Å². The topological polar surface area (TPSA) is 67.2 Å². The summed E-state index contributed by atoms with van der Waals surface area (Å²) < 4.78 is 1.73. The summed E-state index contributed by atoms with van der Waals surface area (Å²) >= 11 is 3.28. The maximum atomic E-state index is 11.8. The van der Waals surface area contributed by atoms with E-state index in [0.717, 1.165) is 31.6 Å². The van der Waals surface area contributed by atoms with Crippen molar-refractivity contribution >= 4 is 21.6 Å². The van der Waals surface area contributed by atoms with Crippen LogP contribution in [0.5, 0.6) is 0 Å². The summed E-state index contributed by atoms with van der Waals surface area (Å²) in [4.78, 5) is 11.8. The Morgan fingerprint density at radius 2 is 2.20 bits per heavy atom. The van der Waals surface area contributed by atoms with Crippen LogP contribution in [-0.2, 0) is 7.05 Å². The van der Waals surface area contributed by atoms with E-state index < -0.39 is 5.60 Å². The van der Waals surface area contributed by atoms with Crippen molar-refractivity contribution in [3.05, 3.63) is 21.0 Å². The van der Waals surface area contributed by atoms with Crippen LogP contribution in [0.25, 0.3) is 0 Å². The average Bonchev–Trinajstić information content (AvgIpc) is 2.45. The Balaban J connectivity index is 1.99. The molecule has 1 aromatic heterocycles. The molecule has 1 fully saturated rings. The monoisotopic (exact) mass is 343 g/mol. The van der Waals surface area contributed by atoms with Crippen molar-refractivity contribution in [2.75, 3.05) is 11.9 Å². The standard InChI is InChI=1S/C14H22BrN3O2/c1-3-10-4-6-14(20,7-5-10)9-16-11-8-17-18(2)13(19)12(11)15/h8,10,16,20H,3-7,9H2,1-2H3. The molecule has 1 heterocycles. The Morgan fingerprint density at radius 1 is 1.55 bits per heavy atom. The van der Waals surface area contributed by atoms with E-state index in [4.69, 9.17) is 0 Å². The molecule has 2 N–H and O–H groups in total. The number of nitrogens with zero attached hydrogens (tertiary/aromatic N) is 2. The van der Waals surface area contributed by atoms with Gasteiger partial charge in [0.25, 0.3) is 5.56 Å². The summed E-state index contributed by atoms with van der Waals surface area (Å²) in [6, 6.07) is 0. The number of aryl methyl sites for hydroxylation is 1. The Morgan fingerprint density at radius 3 is 2.80 bits per heavy atom. The van der Waals surface area contributed by atoms with Crippen molar-refractivity contribution in [1.82, 2.24) is 9.78 Å². The zero-order valence-corrected chi connectivity index (χ0v) is 13.6. The number of aromatic nitrogens is 2. The second-order valence-corrected chi connectivity index (χ2v) is 6.52. The number of halogens is 1. The van der Waals surface area contributed by atoms with Crippen LogP contribution in [0.15, 0.2) is 15.5 Å². The molecule has 5 nitrogen and oxygen atoms in total. The van der Waals surface area contributed by atoms with Crippen molar-refractivity contribution in [2.24, 2.45) is 13.0 Å². The van der Waals surface area contributed by atoms with E-state index >= 15 is 0 Å². The summed E-state index contributed by atoms with van der Waals surface area (Å²) in [7, 11) is 1.61. The number of nitrogens with one attached hydrogen (secondary N) is 1. The van der Waals surface area contributed by atoms with Gasteiger partial charge in [0, 0.05) is 13.6 Å². The Labute approximate surface area is 127 Å². The number of hydrogen-bond donors (Lipinski definition) is 2. The first kappa shape index (κ1) is 15.5. The summed E-state index contributed by atoms with van der Waals surface area (Å²) in [6.07, 6.45) is 6.57. The van der Waals surface area contributed by atoms with Crippen molar-refractivity contribution < 1.29 is 5.11 Å². The highest BCUT2D eigenvalue weighted by atomic mass is 79.9. The molecule has 1 aliphatic rings. The first-order valence-electron chi connectivity index (χ1n) is 7.13. The predicted octanol–water partition coefficient (Wildman–Crippen LogP) is 2.29. The van der Waals surface area contributed by atoms with Gasteiger partial charge in [-0.2, -0.15) is 5.10 Å². The van der Waals surface area contributed by atoms with Crippen molar-refractivity contribution in [3.8, 4) is 0 Å². The third-order valence-electron chi connectivity index (χ3n) is 4.30. The van der Waals surface area contributed by atoms with E-state index in [2.05, 4.69) is 33.3 Å². The van der Waals surface area contributed by atoms with Gasteiger partial charge in [-0.25, -0.2) is 4.68 Å². The molecule has 1 saturated carbocycles. The lowest BCUT2D eigenvalue weighted by atomic mass is 9.78. The highest BCUT2D eigenvalue weighted by molar-refractivity contribution is 9.10. The molecular weight excluding hydrogens is 322 g/mol. The van der Waals surface area contributed by atoms with Crippen molar-refractivity contribution in [2.45, 2.75) is 44.6 Å². The number of hydrogen-bond acceptors (Lipinski definition) is 4. The van der Waals surface area contributed by atoms with E-state index in [-0.39, 0.29) is 5.56 Å². The maximum absolute atomic E-state index is 11.8.